The zero-order valence-corrected chi connectivity index (χ0v) is 20.4. The third-order valence-electron chi connectivity index (χ3n) is 11.9. The van der Waals surface area contributed by atoms with E-state index in [4.69, 9.17) is 4.98 Å². The van der Waals surface area contributed by atoms with Gasteiger partial charge in [0.25, 0.3) is 0 Å². The zero-order valence-electron chi connectivity index (χ0n) is 20.4. The Morgan fingerprint density at radius 3 is 1.65 bits per heavy atom. The fourth-order valence-electron chi connectivity index (χ4n) is 11.6. The van der Waals surface area contributed by atoms with Crippen LogP contribution in [0.3, 0.4) is 0 Å². The van der Waals surface area contributed by atoms with Crippen LogP contribution >= 0.6 is 0 Å². The smallest absolute Gasteiger partial charge is 0.0712 e. The molecule has 0 atom stereocenters. The summed E-state index contributed by atoms with van der Waals surface area (Å²) in [5.74, 6) is 5.87. The summed E-state index contributed by atoms with van der Waals surface area (Å²) in [6, 6.07) is 16.9. The molecule has 0 aliphatic heterocycles. The van der Waals surface area contributed by atoms with Gasteiger partial charge in [-0.25, -0.2) is 0 Å². The summed E-state index contributed by atoms with van der Waals surface area (Å²) in [5, 5.41) is 4.40. The Morgan fingerprint density at radius 2 is 1.06 bits per heavy atom. The summed E-state index contributed by atoms with van der Waals surface area (Å²) in [4.78, 5) is 5.52. The number of para-hydroxylation sites is 1. The lowest BCUT2D eigenvalue weighted by Crippen LogP contribution is -2.49. The molecule has 1 nitrogen and oxygen atoms in total. The van der Waals surface area contributed by atoms with Crippen molar-refractivity contribution in [2.24, 2.45) is 35.5 Å². The summed E-state index contributed by atoms with van der Waals surface area (Å²) in [5.41, 5.74) is 5.21. The molecule has 1 heteroatoms. The third kappa shape index (κ3) is 2.55. The van der Waals surface area contributed by atoms with E-state index in [0.717, 1.165) is 35.5 Å². The Bertz CT molecular complexity index is 1260. The minimum Gasteiger partial charge on any atom is -0.252 e. The number of nitrogens with zero attached hydrogens (tertiary/aromatic N) is 1. The van der Waals surface area contributed by atoms with Gasteiger partial charge in [0.2, 0.25) is 0 Å². The van der Waals surface area contributed by atoms with Crippen LogP contribution in [0.2, 0.25) is 0 Å². The van der Waals surface area contributed by atoms with Gasteiger partial charge < -0.3 is 0 Å². The highest BCUT2D eigenvalue weighted by molar-refractivity contribution is 6.07. The highest BCUT2D eigenvalue weighted by atomic mass is 14.8. The van der Waals surface area contributed by atoms with Gasteiger partial charge in [-0.05, 0) is 141 Å². The first kappa shape index (κ1) is 19.3. The molecule has 1 aromatic heterocycles. The molecule has 0 saturated heterocycles. The lowest BCUT2D eigenvalue weighted by Gasteiger charge is -2.57. The van der Waals surface area contributed by atoms with Gasteiger partial charge in [0.1, 0.15) is 0 Å². The number of fused-ring (bicyclic) bond motifs is 3. The maximum Gasteiger partial charge on any atom is 0.0712 e. The van der Waals surface area contributed by atoms with Crippen LogP contribution in [0.5, 0.6) is 0 Å². The predicted molar refractivity (Wildman–Crippen MR) is 139 cm³/mol. The average Bonchev–Trinajstić information content (AvgIpc) is 2.81. The fraction of sp³-hybridized carbons (Fsp3) is 0.606. The molecular formula is C33H37N. The zero-order chi connectivity index (χ0) is 22.1. The van der Waals surface area contributed by atoms with Gasteiger partial charge in [0, 0.05) is 16.2 Å². The molecule has 2 aromatic carbocycles. The molecule has 0 spiro atoms. The highest BCUT2D eigenvalue weighted by Gasteiger charge is 2.54. The Hall–Kier alpha value is -1.89. The molecule has 1 heterocycles. The van der Waals surface area contributed by atoms with Crippen molar-refractivity contribution in [1.82, 2.24) is 4.98 Å². The summed E-state index contributed by atoms with van der Waals surface area (Å²) in [7, 11) is 0. The molecule has 0 radical (unpaired) electrons. The van der Waals surface area contributed by atoms with Crippen LogP contribution in [-0.4, -0.2) is 4.98 Å². The second kappa shape index (κ2) is 6.45. The summed E-state index contributed by atoms with van der Waals surface area (Å²) in [6.07, 6.45) is 17.6. The standard InChI is InChI=1S/C33H37N/c1-2-4-30-27(3-1)29-13-26(32-14-20-7-21(15-32)9-22(8-20)16-32)5-6-28(29)31(34-30)33-17-23-10-24(18-33)12-25(11-23)19-33/h1-6,13,20-25H,7-12,14-19H2. The van der Waals surface area contributed by atoms with Crippen molar-refractivity contribution in [3.63, 3.8) is 0 Å². The summed E-state index contributed by atoms with van der Waals surface area (Å²) < 4.78 is 0. The molecule has 8 fully saturated rings. The quantitative estimate of drug-likeness (QED) is 0.360. The molecule has 11 rings (SSSR count). The third-order valence-corrected chi connectivity index (χ3v) is 11.9. The maximum absolute atomic E-state index is 5.52. The second-order valence-electron chi connectivity index (χ2n) is 14.1. The van der Waals surface area contributed by atoms with Gasteiger partial charge >= 0.3 is 0 Å². The van der Waals surface area contributed by atoms with Crippen LogP contribution < -0.4 is 0 Å². The molecule has 0 N–H and O–H groups in total. The summed E-state index contributed by atoms with van der Waals surface area (Å²) in [6.45, 7) is 0. The van der Waals surface area contributed by atoms with E-state index in [0.29, 0.717) is 10.8 Å². The number of aromatic nitrogens is 1. The van der Waals surface area contributed by atoms with Gasteiger partial charge in [0.15, 0.2) is 0 Å². The van der Waals surface area contributed by atoms with Crippen LogP contribution in [0.25, 0.3) is 21.7 Å². The lowest BCUT2D eigenvalue weighted by molar-refractivity contribution is -0.00634. The number of benzene rings is 2. The van der Waals surface area contributed by atoms with Crippen molar-refractivity contribution in [3.8, 4) is 0 Å². The van der Waals surface area contributed by atoms with E-state index in [1.807, 2.05) is 0 Å². The second-order valence-corrected chi connectivity index (χ2v) is 14.1. The topological polar surface area (TPSA) is 12.9 Å². The largest absolute Gasteiger partial charge is 0.252 e. The first-order valence-corrected chi connectivity index (χ1v) is 14.5. The van der Waals surface area contributed by atoms with Crippen molar-refractivity contribution in [1.29, 1.82) is 0 Å². The first-order valence-electron chi connectivity index (χ1n) is 14.5. The highest BCUT2D eigenvalue weighted by Crippen LogP contribution is 2.63. The number of pyridine rings is 1. The van der Waals surface area contributed by atoms with E-state index < -0.39 is 0 Å². The molecule has 34 heavy (non-hydrogen) atoms. The Labute approximate surface area is 203 Å². The van der Waals surface area contributed by atoms with Crippen molar-refractivity contribution in [2.45, 2.75) is 87.9 Å². The van der Waals surface area contributed by atoms with Crippen LogP contribution in [0.4, 0.5) is 0 Å². The molecule has 3 aromatic rings. The number of hydrogen-bond acceptors (Lipinski definition) is 1. The number of rotatable bonds is 2. The van der Waals surface area contributed by atoms with Crippen molar-refractivity contribution in [2.75, 3.05) is 0 Å². The normalized spacial score (nSPS) is 43.9. The first-order chi connectivity index (χ1) is 16.6. The Balaban J connectivity index is 1.26. The van der Waals surface area contributed by atoms with E-state index in [9.17, 15) is 0 Å². The lowest BCUT2D eigenvalue weighted by atomic mass is 9.47. The molecule has 8 aliphatic rings. The van der Waals surface area contributed by atoms with Crippen molar-refractivity contribution in [3.05, 3.63) is 53.7 Å². The number of hydrogen-bond donors (Lipinski definition) is 0. The monoisotopic (exact) mass is 447 g/mol. The van der Waals surface area contributed by atoms with E-state index in [1.54, 1.807) is 5.56 Å². The molecule has 174 valence electrons. The van der Waals surface area contributed by atoms with Crippen LogP contribution in [0, 0.1) is 35.5 Å². The molecule has 8 aliphatic carbocycles. The van der Waals surface area contributed by atoms with Crippen LogP contribution in [0.15, 0.2) is 42.5 Å². The van der Waals surface area contributed by atoms with Crippen molar-refractivity contribution < 1.29 is 0 Å². The van der Waals surface area contributed by atoms with Crippen LogP contribution in [-0.2, 0) is 10.8 Å². The van der Waals surface area contributed by atoms with Gasteiger partial charge in [0.05, 0.1) is 11.2 Å². The van der Waals surface area contributed by atoms with E-state index in [2.05, 4.69) is 42.5 Å². The van der Waals surface area contributed by atoms with Crippen LogP contribution in [0.1, 0.15) is 88.3 Å². The minimum absolute atomic E-state index is 0.346. The minimum atomic E-state index is 0.346. The molecular weight excluding hydrogens is 410 g/mol. The van der Waals surface area contributed by atoms with Gasteiger partial charge in [-0.1, -0.05) is 30.3 Å². The Morgan fingerprint density at radius 1 is 0.529 bits per heavy atom. The van der Waals surface area contributed by atoms with Gasteiger partial charge in [-0.2, -0.15) is 0 Å². The molecule has 0 amide bonds. The van der Waals surface area contributed by atoms with Gasteiger partial charge in [-0.15, -0.1) is 0 Å². The molecule has 8 saturated carbocycles. The molecule has 8 bridgehead atoms. The Kier molecular flexibility index (Phi) is 3.67. The summed E-state index contributed by atoms with van der Waals surface area (Å²) >= 11 is 0. The van der Waals surface area contributed by atoms with E-state index in [-0.39, 0.29) is 0 Å². The fourth-order valence-corrected chi connectivity index (χ4v) is 11.6. The van der Waals surface area contributed by atoms with Gasteiger partial charge in [-0.3, -0.25) is 4.98 Å². The maximum atomic E-state index is 5.52. The molecule has 0 unspecified atom stereocenters. The van der Waals surface area contributed by atoms with E-state index >= 15 is 0 Å². The predicted octanol–water partition coefficient (Wildman–Crippen LogP) is 8.32. The average molecular weight is 448 g/mol. The van der Waals surface area contributed by atoms with Crippen molar-refractivity contribution >= 4 is 21.7 Å². The van der Waals surface area contributed by atoms with E-state index in [1.165, 1.54) is 104 Å². The SMILES string of the molecule is c1ccc2c(c1)nc(C13CC4CC(CC(C4)C1)C3)c1ccc(C34CC5CC(CC(C5)C3)C4)cc12.